The van der Waals surface area contributed by atoms with Gasteiger partial charge in [-0.1, -0.05) is 58.9 Å². The van der Waals surface area contributed by atoms with E-state index in [1.807, 2.05) is 12.1 Å². The molecule has 0 N–H and O–H groups in total. The molecule has 0 amide bonds. The van der Waals surface area contributed by atoms with Gasteiger partial charge in [-0.15, -0.1) is 0 Å². The SMILES string of the molecule is CC(I)Cc1ccc(-c2noc(C(F)(F)F)n2)cc1. The minimum absolute atomic E-state index is 0.0543. The zero-order chi connectivity index (χ0) is 14.0. The molecule has 1 heterocycles. The van der Waals surface area contributed by atoms with Crippen LogP contribution in [0.5, 0.6) is 0 Å². The third kappa shape index (κ3) is 3.68. The maximum absolute atomic E-state index is 12.3. The summed E-state index contributed by atoms with van der Waals surface area (Å²) in [4.78, 5) is 3.34. The van der Waals surface area contributed by atoms with E-state index in [0.717, 1.165) is 12.0 Å². The first kappa shape index (κ1) is 14.3. The van der Waals surface area contributed by atoms with Crippen LogP contribution in [0.1, 0.15) is 18.4 Å². The first-order chi connectivity index (χ1) is 8.86. The lowest BCUT2D eigenvalue weighted by molar-refractivity contribution is -0.159. The molecule has 0 fully saturated rings. The smallest absolute Gasteiger partial charge is 0.329 e. The van der Waals surface area contributed by atoms with Crippen LogP contribution < -0.4 is 0 Å². The monoisotopic (exact) mass is 382 g/mol. The van der Waals surface area contributed by atoms with E-state index in [0.29, 0.717) is 9.49 Å². The third-order valence-corrected chi connectivity index (χ3v) is 2.84. The van der Waals surface area contributed by atoms with Gasteiger partial charge in [0.15, 0.2) is 0 Å². The van der Waals surface area contributed by atoms with Gasteiger partial charge in [0.1, 0.15) is 0 Å². The second-order valence-corrected chi connectivity index (χ2v) is 6.23. The molecule has 2 aromatic rings. The van der Waals surface area contributed by atoms with Crippen LogP contribution in [0.3, 0.4) is 0 Å². The molecule has 7 heteroatoms. The van der Waals surface area contributed by atoms with Crippen LogP contribution in [0.4, 0.5) is 13.2 Å². The van der Waals surface area contributed by atoms with E-state index < -0.39 is 12.1 Å². The molecular weight excluding hydrogens is 372 g/mol. The summed E-state index contributed by atoms with van der Waals surface area (Å²) in [6.45, 7) is 2.09. The van der Waals surface area contributed by atoms with Crippen LogP contribution in [-0.2, 0) is 12.6 Å². The number of benzene rings is 1. The van der Waals surface area contributed by atoms with E-state index in [4.69, 9.17) is 0 Å². The molecule has 0 saturated carbocycles. The molecule has 0 radical (unpaired) electrons. The van der Waals surface area contributed by atoms with Crippen molar-refractivity contribution in [3.05, 3.63) is 35.7 Å². The molecular formula is C12H10F3IN2O. The predicted molar refractivity (Wildman–Crippen MR) is 71.9 cm³/mol. The Morgan fingerprint density at radius 1 is 1.26 bits per heavy atom. The molecule has 19 heavy (non-hydrogen) atoms. The van der Waals surface area contributed by atoms with Gasteiger partial charge < -0.3 is 4.52 Å². The maximum atomic E-state index is 12.3. The van der Waals surface area contributed by atoms with Crippen LogP contribution in [0.25, 0.3) is 11.4 Å². The van der Waals surface area contributed by atoms with Crippen molar-refractivity contribution in [2.24, 2.45) is 0 Å². The van der Waals surface area contributed by atoms with Gasteiger partial charge in [-0.05, 0) is 12.0 Å². The van der Waals surface area contributed by atoms with Crippen LogP contribution in [-0.4, -0.2) is 14.1 Å². The summed E-state index contributed by atoms with van der Waals surface area (Å²) >= 11 is 2.31. The molecule has 1 aromatic heterocycles. The highest BCUT2D eigenvalue weighted by Crippen LogP contribution is 2.29. The van der Waals surface area contributed by atoms with Gasteiger partial charge in [-0.2, -0.15) is 18.2 Å². The number of halogens is 4. The van der Waals surface area contributed by atoms with Crippen molar-refractivity contribution in [3.8, 4) is 11.4 Å². The lowest BCUT2D eigenvalue weighted by Gasteiger charge is -2.03. The minimum atomic E-state index is -4.61. The van der Waals surface area contributed by atoms with E-state index in [1.165, 1.54) is 0 Å². The molecule has 0 aliphatic carbocycles. The second kappa shape index (κ2) is 5.48. The standard InChI is InChI=1S/C12H10F3IN2O/c1-7(16)6-8-2-4-9(5-3-8)10-17-11(19-18-10)12(13,14)15/h2-5,7H,6H2,1H3. The van der Waals surface area contributed by atoms with Gasteiger partial charge in [0.25, 0.3) is 0 Å². The summed E-state index contributed by atoms with van der Waals surface area (Å²) in [6.07, 6.45) is -3.71. The van der Waals surface area contributed by atoms with Crippen LogP contribution >= 0.6 is 22.6 Å². The predicted octanol–water partition coefficient (Wildman–Crippen LogP) is 4.12. The molecule has 0 aliphatic heterocycles. The third-order valence-electron chi connectivity index (χ3n) is 2.40. The van der Waals surface area contributed by atoms with Crippen molar-refractivity contribution in [2.45, 2.75) is 23.4 Å². The van der Waals surface area contributed by atoms with Gasteiger partial charge in [0.2, 0.25) is 5.82 Å². The first-order valence-corrected chi connectivity index (χ1v) is 6.75. The van der Waals surface area contributed by atoms with Gasteiger partial charge in [0.05, 0.1) is 0 Å². The van der Waals surface area contributed by atoms with Crippen LogP contribution in [0.15, 0.2) is 28.8 Å². The first-order valence-electron chi connectivity index (χ1n) is 5.50. The lowest BCUT2D eigenvalue weighted by atomic mass is 10.1. The molecule has 0 saturated heterocycles. The highest BCUT2D eigenvalue weighted by molar-refractivity contribution is 14.1. The summed E-state index contributed by atoms with van der Waals surface area (Å²) in [7, 11) is 0. The fourth-order valence-electron chi connectivity index (χ4n) is 1.57. The Morgan fingerprint density at radius 3 is 2.37 bits per heavy atom. The molecule has 0 bridgehead atoms. The van der Waals surface area contributed by atoms with E-state index in [9.17, 15) is 13.2 Å². The molecule has 1 unspecified atom stereocenters. The molecule has 0 aliphatic rings. The zero-order valence-electron chi connectivity index (χ0n) is 9.91. The summed E-state index contributed by atoms with van der Waals surface area (Å²) in [5.41, 5.74) is 1.62. The van der Waals surface area contributed by atoms with Crippen molar-refractivity contribution < 1.29 is 17.7 Å². The summed E-state index contributed by atoms with van der Waals surface area (Å²) in [5.74, 6) is -1.38. The molecule has 102 valence electrons. The number of aromatic nitrogens is 2. The Hall–Kier alpha value is -1.12. The van der Waals surface area contributed by atoms with E-state index in [-0.39, 0.29) is 5.82 Å². The highest BCUT2D eigenvalue weighted by Gasteiger charge is 2.38. The molecule has 1 aromatic carbocycles. The topological polar surface area (TPSA) is 38.9 Å². The second-order valence-electron chi connectivity index (χ2n) is 4.10. The number of hydrogen-bond donors (Lipinski definition) is 0. The van der Waals surface area contributed by atoms with E-state index in [1.54, 1.807) is 12.1 Å². The quantitative estimate of drug-likeness (QED) is 0.592. The Balaban J connectivity index is 2.20. The van der Waals surface area contributed by atoms with Gasteiger partial charge in [0, 0.05) is 9.49 Å². The van der Waals surface area contributed by atoms with E-state index in [2.05, 4.69) is 44.2 Å². The molecule has 1 atom stereocenters. The van der Waals surface area contributed by atoms with E-state index >= 15 is 0 Å². The van der Waals surface area contributed by atoms with Gasteiger partial charge >= 0.3 is 12.1 Å². The molecule has 2 rings (SSSR count). The Morgan fingerprint density at radius 2 is 1.89 bits per heavy atom. The average molecular weight is 382 g/mol. The van der Waals surface area contributed by atoms with Crippen LogP contribution in [0.2, 0.25) is 0 Å². The highest BCUT2D eigenvalue weighted by atomic mass is 127. The van der Waals surface area contributed by atoms with Gasteiger partial charge in [-0.25, -0.2) is 0 Å². The summed E-state index contributed by atoms with van der Waals surface area (Å²) in [5, 5.41) is 3.34. The fourth-order valence-corrected chi connectivity index (χ4v) is 2.08. The lowest BCUT2D eigenvalue weighted by Crippen LogP contribution is -2.04. The van der Waals surface area contributed by atoms with Crippen molar-refractivity contribution >= 4 is 22.6 Å². The summed E-state index contributed by atoms with van der Waals surface area (Å²) in [6, 6.07) is 7.10. The Bertz CT molecular complexity index is 549. The number of rotatable bonds is 3. The number of nitrogens with zero attached hydrogens (tertiary/aromatic N) is 2. The molecule has 3 nitrogen and oxygen atoms in total. The zero-order valence-corrected chi connectivity index (χ0v) is 12.1. The fraction of sp³-hybridized carbons (Fsp3) is 0.333. The van der Waals surface area contributed by atoms with Crippen molar-refractivity contribution in [3.63, 3.8) is 0 Å². The maximum Gasteiger partial charge on any atom is 0.471 e. The van der Waals surface area contributed by atoms with Crippen molar-refractivity contribution in [2.75, 3.05) is 0 Å². The Labute approximate surface area is 121 Å². The largest absolute Gasteiger partial charge is 0.471 e. The van der Waals surface area contributed by atoms with Gasteiger partial charge in [-0.3, -0.25) is 0 Å². The number of alkyl halides is 4. The van der Waals surface area contributed by atoms with Crippen LogP contribution in [0, 0.1) is 0 Å². The summed E-state index contributed by atoms with van der Waals surface area (Å²) < 4.78 is 41.7. The van der Waals surface area contributed by atoms with Crippen molar-refractivity contribution in [1.29, 1.82) is 0 Å². The minimum Gasteiger partial charge on any atom is -0.329 e. The van der Waals surface area contributed by atoms with Crippen molar-refractivity contribution in [1.82, 2.24) is 10.1 Å². The Kier molecular flexibility index (Phi) is 4.12. The number of hydrogen-bond acceptors (Lipinski definition) is 3. The normalized spacial score (nSPS) is 13.5. The average Bonchev–Trinajstić information content (AvgIpc) is 2.78. The molecule has 0 spiro atoms.